The van der Waals surface area contributed by atoms with Crippen LogP contribution in [-0.4, -0.2) is 18.9 Å². The molecular weight excluding hydrogens is 246 g/mol. The molecule has 0 radical (unpaired) electrons. The number of hydrogen-bond acceptors (Lipinski definition) is 2. The van der Waals surface area contributed by atoms with Crippen molar-refractivity contribution in [2.45, 2.75) is 50.4 Å². The van der Waals surface area contributed by atoms with Gasteiger partial charge in [-0.1, -0.05) is 56.0 Å². The fraction of sp³-hybridized carbons (Fsp3) is 0.611. The van der Waals surface area contributed by atoms with Crippen LogP contribution in [0.15, 0.2) is 30.3 Å². The monoisotopic (exact) mass is 271 g/mol. The number of ketones is 1. The predicted octanol–water partition coefficient (Wildman–Crippen LogP) is 3.46. The Hall–Kier alpha value is -1.15. The van der Waals surface area contributed by atoms with Gasteiger partial charge in [-0.3, -0.25) is 4.79 Å². The van der Waals surface area contributed by atoms with Gasteiger partial charge in [0.2, 0.25) is 0 Å². The molecule has 2 heteroatoms. The first kappa shape index (κ1) is 13.8. The molecule has 0 amide bonds. The van der Waals surface area contributed by atoms with Crippen LogP contribution in [0.25, 0.3) is 0 Å². The quantitative estimate of drug-likeness (QED) is 0.908. The van der Waals surface area contributed by atoms with Crippen molar-refractivity contribution in [3.8, 4) is 0 Å². The first-order chi connectivity index (χ1) is 9.81. The van der Waals surface area contributed by atoms with Crippen molar-refractivity contribution in [1.82, 2.24) is 5.32 Å². The highest BCUT2D eigenvalue weighted by Gasteiger charge is 2.41. The Bertz CT molecular complexity index is 442. The number of carbonyl (C=O) groups excluding carboxylic acids is 1. The molecule has 1 aromatic carbocycles. The Kier molecular flexibility index (Phi) is 4.21. The Labute approximate surface area is 122 Å². The van der Waals surface area contributed by atoms with E-state index in [0.29, 0.717) is 11.7 Å². The van der Waals surface area contributed by atoms with Gasteiger partial charge in [0.15, 0.2) is 0 Å². The molecule has 1 aromatic rings. The summed E-state index contributed by atoms with van der Waals surface area (Å²) >= 11 is 0. The fourth-order valence-corrected chi connectivity index (χ4v) is 4.01. The second-order valence-electron chi connectivity index (χ2n) is 6.48. The number of nitrogens with one attached hydrogen (secondary N) is 1. The van der Waals surface area contributed by atoms with Gasteiger partial charge in [0.25, 0.3) is 0 Å². The van der Waals surface area contributed by atoms with Crippen LogP contribution in [0.4, 0.5) is 0 Å². The molecule has 0 spiro atoms. The molecule has 0 aromatic heterocycles. The first-order valence-corrected chi connectivity index (χ1v) is 8.11. The molecule has 3 rings (SSSR count). The second kappa shape index (κ2) is 6.09. The van der Waals surface area contributed by atoms with E-state index in [1.54, 1.807) is 0 Å². The van der Waals surface area contributed by atoms with Crippen molar-refractivity contribution < 1.29 is 4.79 Å². The zero-order chi connectivity index (χ0) is 13.8. The fourth-order valence-electron chi connectivity index (χ4n) is 4.01. The van der Waals surface area contributed by atoms with Crippen LogP contribution in [0.3, 0.4) is 0 Å². The molecule has 1 aliphatic heterocycles. The normalized spacial score (nSPS) is 22.8. The largest absolute Gasteiger partial charge is 0.317 e. The SMILES string of the molecule is O=C(CC1CCCC1)C1(c2ccccc2)CCNCC1. The van der Waals surface area contributed by atoms with Crippen LogP contribution in [-0.2, 0) is 10.2 Å². The standard InChI is InChI=1S/C18H25NO/c20-17(14-15-6-4-5-7-15)18(10-12-19-13-11-18)16-8-2-1-3-9-16/h1-3,8-9,15,19H,4-7,10-14H2. The number of carbonyl (C=O) groups is 1. The maximum atomic E-state index is 13.0. The number of piperidine rings is 1. The van der Waals surface area contributed by atoms with E-state index in [2.05, 4.69) is 29.6 Å². The average molecular weight is 271 g/mol. The van der Waals surface area contributed by atoms with Crippen molar-refractivity contribution in [2.75, 3.05) is 13.1 Å². The van der Waals surface area contributed by atoms with E-state index in [-0.39, 0.29) is 5.41 Å². The average Bonchev–Trinajstić information content (AvgIpc) is 3.02. The van der Waals surface area contributed by atoms with E-state index in [1.807, 2.05) is 6.07 Å². The molecule has 1 N–H and O–H groups in total. The van der Waals surface area contributed by atoms with Gasteiger partial charge in [-0.2, -0.15) is 0 Å². The van der Waals surface area contributed by atoms with Gasteiger partial charge in [0.1, 0.15) is 5.78 Å². The lowest BCUT2D eigenvalue weighted by Crippen LogP contribution is -2.46. The maximum absolute atomic E-state index is 13.0. The summed E-state index contributed by atoms with van der Waals surface area (Å²) in [6.07, 6.45) is 7.87. The molecule has 108 valence electrons. The summed E-state index contributed by atoms with van der Waals surface area (Å²) in [5.41, 5.74) is 1.03. The first-order valence-electron chi connectivity index (χ1n) is 8.11. The summed E-state index contributed by atoms with van der Waals surface area (Å²) in [6.45, 7) is 1.93. The molecule has 2 fully saturated rings. The van der Waals surface area contributed by atoms with Crippen LogP contribution < -0.4 is 5.32 Å². The summed E-state index contributed by atoms with van der Waals surface area (Å²) in [6, 6.07) is 10.5. The van der Waals surface area contributed by atoms with Gasteiger partial charge >= 0.3 is 0 Å². The lowest BCUT2D eigenvalue weighted by Gasteiger charge is -2.37. The third kappa shape index (κ3) is 2.67. The zero-order valence-corrected chi connectivity index (χ0v) is 12.2. The molecule has 0 unspecified atom stereocenters. The van der Waals surface area contributed by atoms with Gasteiger partial charge in [0, 0.05) is 6.42 Å². The van der Waals surface area contributed by atoms with E-state index in [0.717, 1.165) is 32.4 Å². The third-order valence-electron chi connectivity index (χ3n) is 5.27. The van der Waals surface area contributed by atoms with Crippen molar-refractivity contribution in [1.29, 1.82) is 0 Å². The van der Waals surface area contributed by atoms with Gasteiger partial charge in [0.05, 0.1) is 5.41 Å². The van der Waals surface area contributed by atoms with Crippen LogP contribution in [0, 0.1) is 5.92 Å². The highest BCUT2D eigenvalue weighted by molar-refractivity contribution is 5.90. The number of benzene rings is 1. The Morgan fingerprint density at radius 1 is 1.10 bits per heavy atom. The van der Waals surface area contributed by atoms with E-state index in [4.69, 9.17) is 0 Å². The third-order valence-corrected chi connectivity index (χ3v) is 5.27. The summed E-state index contributed by atoms with van der Waals surface area (Å²) < 4.78 is 0. The number of Topliss-reactive ketones (excluding diaryl/α,β-unsaturated/α-hetero) is 1. The molecule has 2 nitrogen and oxygen atoms in total. The molecule has 0 bridgehead atoms. The van der Waals surface area contributed by atoms with Crippen molar-refractivity contribution in [2.24, 2.45) is 5.92 Å². The molecule has 1 aliphatic carbocycles. The Balaban J connectivity index is 1.83. The Morgan fingerprint density at radius 3 is 2.40 bits per heavy atom. The molecular formula is C18H25NO. The van der Waals surface area contributed by atoms with Crippen molar-refractivity contribution >= 4 is 5.78 Å². The smallest absolute Gasteiger partial charge is 0.143 e. The van der Waals surface area contributed by atoms with Crippen LogP contribution in [0.1, 0.15) is 50.5 Å². The topological polar surface area (TPSA) is 29.1 Å². The van der Waals surface area contributed by atoms with E-state index < -0.39 is 0 Å². The summed E-state index contributed by atoms with van der Waals surface area (Å²) in [5, 5.41) is 3.41. The van der Waals surface area contributed by atoms with E-state index in [9.17, 15) is 4.79 Å². The van der Waals surface area contributed by atoms with Crippen LogP contribution in [0.2, 0.25) is 0 Å². The van der Waals surface area contributed by atoms with Gasteiger partial charge < -0.3 is 5.32 Å². The predicted molar refractivity (Wildman–Crippen MR) is 81.8 cm³/mol. The highest BCUT2D eigenvalue weighted by atomic mass is 16.1. The van der Waals surface area contributed by atoms with E-state index >= 15 is 0 Å². The van der Waals surface area contributed by atoms with Gasteiger partial charge in [-0.25, -0.2) is 0 Å². The molecule has 1 saturated heterocycles. The maximum Gasteiger partial charge on any atom is 0.143 e. The van der Waals surface area contributed by atoms with Gasteiger partial charge in [-0.05, 0) is 37.4 Å². The summed E-state index contributed by atoms with van der Waals surface area (Å²) in [4.78, 5) is 13.0. The van der Waals surface area contributed by atoms with Crippen LogP contribution >= 0.6 is 0 Å². The zero-order valence-electron chi connectivity index (χ0n) is 12.2. The molecule has 1 heterocycles. The number of rotatable bonds is 4. The molecule has 0 atom stereocenters. The second-order valence-corrected chi connectivity index (χ2v) is 6.48. The minimum absolute atomic E-state index is 0.213. The minimum Gasteiger partial charge on any atom is -0.317 e. The van der Waals surface area contributed by atoms with Gasteiger partial charge in [-0.15, -0.1) is 0 Å². The Morgan fingerprint density at radius 2 is 1.75 bits per heavy atom. The molecule has 1 saturated carbocycles. The highest BCUT2D eigenvalue weighted by Crippen LogP contribution is 2.38. The lowest BCUT2D eigenvalue weighted by atomic mass is 9.68. The summed E-state index contributed by atoms with van der Waals surface area (Å²) in [5.74, 6) is 1.15. The molecule has 20 heavy (non-hydrogen) atoms. The summed E-state index contributed by atoms with van der Waals surface area (Å²) in [7, 11) is 0. The van der Waals surface area contributed by atoms with E-state index in [1.165, 1.54) is 31.2 Å². The van der Waals surface area contributed by atoms with Crippen molar-refractivity contribution in [3.63, 3.8) is 0 Å². The minimum atomic E-state index is -0.213. The number of hydrogen-bond donors (Lipinski definition) is 1. The van der Waals surface area contributed by atoms with Crippen LogP contribution in [0.5, 0.6) is 0 Å². The lowest BCUT2D eigenvalue weighted by molar-refractivity contribution is -0.126. The molecule has 2 aliphatic rings. The van der Waals surface area contributed by atoms with Crippen molar-refractivity contribution in [3.05, 3.63) is 35.9 Å².